The maximum absolute atomic E-state index is 9.46. The lowest BCUT2D eigenvalue weighted by Crippen LogP contribution is -2.64. The summed E-state index contributed by atoms with van der Waals surface area (Å²) >= 11 is 0. The van der Waals surface area contributed by atoms with Gasteiger partial charge in [0.1, 0.15) is 0 Å². The molecule has 5 atom stereocenters. The number of hydrogen-bond acceptors (Lipinski definition) is 5. The molecule has 2 rings (SSSR count). The molecule has 5 nitrogen and oxygen atoms in total. The van der Waals surface area contributed by atoms with Crippen molar-refractivity contribution in [2.45, 2.75) is 43.4 Å². The van der Waals surface area contributed by atoms with Crippen LogP contribution in [-0.4, -0.2) is 52.5 Å². The molecule has 0 aromatic rings. The van der Waals surface area contributed by atoms with Crippen LogP contribution in [0.5, 0.6) is 0 Å². The first-order chi connectivity index (χ1) is 6.20. The number of piperidine rings is 1. The zero-order valence-electron chi connectivity index (χ0n) is 7.26. The minimum atomic E-state index is -0.914. The van der Waals surface area contributed by atoms with E-state index in [1.807, 2.05) is 0 Å². The van der Waals surface area contributed by atoms with E-state index in [-0.39, 0.29) is 18.7 Å². The third-order valence-electron chi connectivity index (χ3n) is 2.77. The van der Waals surface area contributed by atoms with Gasteiger partial charge in [0.05, 0.1) is 24.9 Å². The van der Waals surface area contributed by atoms with E-state index in [4.69, 9.17) is 9.84 Å². The van der Waals surface area contributed by atoms with Crippen LogP contribution < -0.4 is 5.32 Å². The first-order valence-corrected chi connectivity index (χ1v) is 4.59. The number of nitrogens with one attached hydrogen (secondary N) is 1. The van der Waals surface area contributed by atoms with Gasteiger partial charge >= 0.3 is 0 Å². The fourth-order valence-electron chi connectivity index (χ4n) is 2.09. The molecule has 2 bridgehead atoms. The molecular formula is C8H15NO4. The third kappa shape index (κ3) is 1.70. The van der Waals surface area contributed by atoms with Crippen molar-refractivity contribution in [3.63, 3.8) is 0 Å². The summed E-state index contributed by atoms with van der Waals surface area (Å²) in [6.45, 7) is -0.131. The van der Waals surface area contributed by atoms with Gasteiger partial charge in [0.25, 0.3) is 0 Å². The summed E-state index contributed by atoms with van der Waals surface area (Å²) in [6, 6.07) is -0.237. The predicted octanol–water partition coefficient (Wildman–Crippen LogP) is -1.82. The lowest BCUT2D eigenvalue weighted by atomic mass is 9.90. The van der Waals surface area contributed by atoms with Crippen LogP contribution in [0.25, 0.3) is 0 Å². The van der Waals surface area contributed by atoms with Crippen LogP contribution in [0.2, 0.25) is 0 Å². The molecule has 0 saturated carbocycles. The van der Waals surface area contributed by atoms with E-state index in [1.54, 1.807) is 0 Å². The maximum Gasteiger partial charge on any atom is 0.170 e. The molecule has 2 aliphatic rings. The van der Waals surface area contributed by atoms with Crippen molar-refractivity contribution >= 4 is 0 Å². The number of ether oxygens (including phenoxy) is 1. The Kier molecular flexibility index (Phi) is 2.53. The smallest absolute Gasteiger partial charge is 0.170 e. The average molecular weight is 189 g/mol. The van der Waals surface area contributed by atoms with Crippen LogP contribution in [0, 0.1) is 0 Å². The molecule has 2 heterocycles. The lowest BCUT2D eigenvalue weighted by Gasteiger charge is -2.45. The number of hydrogen-bond donors (Lipinski definition) is 4. The predicted molar refractivity (Wildman–Crippen MR) is 43.9 cm³/mol. The molecule has 0 unspecified atom stereocenters. The highest BCUT2D eigenvalue weighted by Gasteiger charge is 2.41. The van der Waals surface area contributed by atoms with Crippen molar-refractivity contribution in [1.29, 1.82) is 0 Å². The number of aliphatic hydroxyl groups excluding tert-OH is 3. The van der Waals surface area contributed by atoms with Crippen molar-refractivity contribution in [3.05, 3.63) is 0 Å². The molecule has 2 saturated heterocycles. The second-order valence-corrected chi connectivity index (χ2v) is 3.75. The van der Waals surface area contributed by atoms with Crippen LogP contribution in [-0.2, 0) is 4.74 Å². The summed E-state index contributed by atoms with van der Waals surface area (Å²) in [4.78, 5) is 0. The summed E-state index contributed by atoms with van der Waals surface area (Å²) in [5, 5.41) is 31.0. The molecule has 13 heavy (non-hydrogen) atoms. The molecule has 0 spiro atoms. The van der Waals surface area contributed by atoms with Gasteiger partial charge in [-0.1, -0.05) is 0 Å². The van der Waals surface area contributed by atoms with E-state index in [9.17, 15) is 10.2 Å². The first-order valence-electron chi connectivity index (χ1n) is 4.59. The van der Waals surface area contributed by atoms with Crippen LogP contribution in [0.4, 0.5) is 0 Å². The average Bonchev–Trinajstić information content (AvgIpc) is 2.11. The standard InChI is InChI=1S/C8H15NO4/c10-3-7-5-1-4(11)2-6(9-5)8(12)13-7/h4-12H,1-3H2/t4-,5-,6+,7-,8+/m1/s1. The molecule has 0 radical (unpaired) electrons. The van der Waals surface area contributed by atoms with E-state index in [2.05, 4.69) is 5.32 Å². The van der Waals surface area contributed by atoms with Crippen LogP contribution in [0.15, 0.2) is 0 Å². The Balaban J connectivity index is 2.06. The number of fused-ring (bicyclic) bond motifs is 2. The Morgan fingerprint density at radius 3 is 2.62 bits per heavy atom. The molecule has 0 amide bonds. The zero-order chi connectivity index (χ0) is 9.42. The van der Waals surface area contributed by atoms with Gasteiger partial charge < -0.3 is 25.4 Å². The second kappa shape index (κ2) is 3.51. The van der Waals surface area contributed by atoms with Crippen LogP contribution in [0.3, 0.4) is 0 Å². The van der Waals surface area contributed by atoms with Gasteiger partial charge in [0, 0.05) is 6.04 Å². The minimum absolute atomic E-state index is 0.0397. The molecule has 0 aromatic carbocycles. The highest BCUT2D eigenvalue weighted by Crippen LogP contribution is 2.25. The van der Waals surface area contributed by atoms with Gasteiger partial charge in [0.15, 0.2) is 6.29 Å². The van der Waals surface area contributed by atoms with E-state index < -0.39 is 18.5 Å². The Labute approximate surface area is 76.3 Å². The molecule has 2 aliphatic heterocycles. The molecular weight excluding hydrogens is 174 g/mol. The largest absolute Gasteiger partial charge is 0.394 e. The van der Waals surface area contributed by atoms with E-state index in [0.717, 1.165) is 0 Å². The monoisotopic (exact) mass is 189 g/mol. The van der Waals surface area contributed by atoms with Crippen molar-refractivity contribution in [3.8, 4) is 0 Å². The van der Waals surface area contributed by atoms with E-state index in [0.29, 0.717) is 12.8 Å². The van der Waals surface area contributed by atoms with Crippen molar-refractivity contribution < 1.29 is 20.1 Å². The summed E-state index contributed by atoms with van der Waals surface area (Å²) in [6.07, 6.45) is -0.627. The van der Waals surface area contributed by atoms with Gasteiger partial charge in [-0.05, 0) is 12.8 Å². The van der Waals surface area contributed by atoms with Gasteiger partial charge in [0.2, 0.25) is 0 Å². The van der Waals surface area contributed by atoms with E-state index in [1.165, 1.54) is 0 Å². The Bertz CT molecular complexity index is 189. The summed E-state index contributed by atoms with van der Waals surface area (Å²) in [5.74, 6) is 0. The van der Waals surface area contributed by atoms with Crippen molar-refractivity contribution in [2.24, 2.45) is 0 Å². The number of aliphatic hydroxyl groups is 3. The lowest BCUT2D eigenvalue weighted by molar-refractivity contribution is -0.216. The fourth-order valence-corrected chi connectivity index (χ4v) is 2.09. The van der Waals surface area contributed by atoms with Gasteiger partial charge in [-0.3, -0.25) is 0 Å². The molecule has 2 fully saturated rings. The third-order valence-corrected chi connectivity index (χ3v) is 2.77. The Morgan fingerprint density at radius 2 is 1.92 bits per heavy atom. The van der Waals surface area contributed by atoms with Crippen molar-refractivity contribution in [2.75, 3.05) is 6.61 Å². The maximum atomic E-state index is 9.46. The van der Waals surface area contributed by atoms with Crippen LogP contribution >= 0.6 is 0 Å². The number of morpholine rings is 1. The van der Waals surface area contributed by atoms with Gasteiger partial charge in [-0.15, -0.1) is 0 Å². The highest BCUT2D eigenvalue weighted by atomic mass is 16.6. The molecule has 4 N–H and O–H groups in total. The second-order valence-electron chi connectivity index (χ2n) is 3.75. The normalized spacial score (nSPS) is 50.5. The highest BCUT2D eigenvalue weighted by molar-refractivity contribution is 4.94. The summed E-state index contributed by atoms with van der Waals surface area (Å²) in [5.41, 5.74) is 0. The van der Waals surface area contributed by atoms with Crippen molar-refractivity contribution in [1.82, 2.24) is 5.32 Å². The fraction of sp³-hybridized carbons (Fsp3) is 1.00. The molecule has 76 valence electrons. The summed E-state index contributed by atoms with van der Waals surface area (Å²) in [7, 11) is 0. The molecule has 0 aliphatic carbocycles. The molecule has 0 aromatic heterocycles. The summed E-state index contributed by atoms with van der Waals surface area (Å²) < 4.78 is 5.18. The van der Waals surface area contributed by atoms with Gasteiger partial charge in [-0.25, -0.2) is 0 Å². The topological polar surface area (TPSA) is 82.0 Å². The molecule has 5 heteroatoms. The Hall–Kier alpha value is -0.200. The van der Waals surface area contributed by atoms with E-state index >= 15 is 0 Å². The van der Waals surface area contributed by atoms with Gasteiger partial charge in [-0.2, -0.15) is 0 Å². The first kappa shape index (κ1) is 9.36. The minimum Gasteiger partial charge on any atom is -0.394 e. The Morgan fingerprint density at radius 1 is 1.23 bits per heavy atom. The zero-order valence-corrected chi connectivity index (χ0v) is 7.26. The number of rotatable bonds is 1. The van der Waals surface area contributed by atoms with Crippen LogP contribution in [0.1, 0.15) is 12.8 Å². The SMILES string of the molecule is OC[C@H]1O[C@H](O)[C@@H]2C[C@H](O)C[C@H]1N2. The quantitative estimate of drug-likeness (QED) is 0.390.